The molecule has 2 aromatic rings. The van der Waals surface area contributed by atoms with Gasteiger partial charge in [-0.1, -0.05) is 0 Å². The smallest absolute Gasteiger partial charge is 0.314 e. The molecule has 0 heterocycles. The van der Waals surface area contributed by atoms with Crippen LogP contribution in [0.25, 0.3) is 0 Å². The Bertz CT molecular complexity index is 1250. The van der Waals surface area contributed by atoms with Crippen molar-refractivity contribution in [1.82, 2.24) is 0 Å². The lowest BCUT2D eigenvalue weighted by Gasteiger charge is -2.31. The first-order valence-electron chi connectivity index (χ1n) is 11.0. The van der Waals surface area contributed by atoms with Crippen LogP contribution in [0.2, 0.25) is 0 Å². The molecule has 0 bridgehead atoms. The van der Waals surface area contributed by atoms with Gasteiger partial charge in [0.2, 0.25) is 69.7 Å². The Balaban J connectivity index is 1.91. The number of benzene rings is 2. The van der Waals surface area contributed by atoms with Crippen molar-refractivity contribution in [2.24, 2.45) is 0 Å². The summed E-state index contributed by atoms with van der Waals surface area (Å²) in [5, 5.41) is 0. The first kappa shape index (κ1) is 32.8. The third-order valence-electron chi connectivity index (χ3n) is 4.95. The van der Waals surface area contributed by atoms with E-state index in [1.165, 1.54) is 27.7 Å². The average Bonchev–Trinajstić information content (AvgIpc) is 2.87. The molecule has 0 unspecified atom stereocenters. The van der Waals surface area contributed by atoms with E-state index in [-0.39, 0.29) is 6.61 Å². The van der Waals surface area contributed by atoms with E-state index in [0.717, 1.165) is 0 Å². The van der Waals surface area contributed by atoms with Crippen LogP contribution in [0.15, 0.2) is 0 Å². The first-order valence-corrected chi connectivity index (χ1v) is 11.0. The SMILES string of the molecule is CC(C)(COC(C)(C)CC(=O)Oc1c(F)c(F)c(F)c(F)c1F)OCCC(=O)Oc1c(F)c(F)c(F)c(F)c1F. The summed E-state index contributed by atoms with van der Waals surface area (Å²) in [5.74, 6) is -29.9. The van der Waals surface area contributed by atoms with Gasteiger partial charge in [-0.05, 0) is 27.7 Å². The second-order valence-electron chi connectivity index (χ2n) is 9.33. The second kappa shape index (κ2) is 12.4. The third-order valence-corrected chi connectivity index (χ3v) is 4.95. The minimum Gasteiger partial charge on any atom is -0.420 e. The molecule has 2 rings (SSSR count). The monoisotopic (exact) mass is 594 g/mol. The van der Waals surface area contributed by atoms with Crippen molar-refractivity contribution < 1.29 is 72.4 Å². The van der Waals surface area contributed by atoms with E-state index >= 15 is 0 Å². The van der Waals surface area contributed by atoms with Gasteiger partial charge in [0.05, 0.1) is 37.3 Å². The Labute approximate surface area is 219 Å². The van der Waals surface area contributed by atoms with Crippen LogP contribution in [-0.2, 0) is 19.1 Å². The summed E-state index contributed by atoms with van der Waals surface area (Å²) in [6.45, 7) is 4.64. The summed E-state index contributed by atoms with van der Waals surface area (Å²) in [6, 6.07) is 0. The number of rotatable bonds is 11. The van der Waals surface area contributed by atoms with E-state index in [4.69, 9.17) is 9.47 Å². The zero-order valence-corrected chi connectivity index (χ0v) is 21.1. The highest BCUT2D eigenvalue weighted by molar-refractivity contribution is 5.73. The van der Waals surface area contributed by atoms with Crippen LogP contribution in [0.5, 0.6) is 11.5 Å². The number of hydrogen-bond donors (Lipinski definition) is 0. The van der Waals surface area contributed by atoms with Crippen molar-refractivity contribution in [3.8, 4) is 11.5 Å². The fourth-order valence-corrected chi connectivity index (χ4v) is 2.88. The molecule has 0 fully saturated rings. The van der Waals surface area contributed by atoms with Crippen LogP contribution < -0.4 is 9.47 Å². The predicted octanol–water partition coefficient (Wildman–Crippen LogP) is 5.96. The summed E-state index contributed by atoms with van der Waals surface area (Å²) < 4.78 is 153. The maximum absolute atomic E-state index is 13.7. The zero-order valence-electron chi connectivity index (χ0n) is 21.1. The fourth-order valence-electron chi connectivity index (χ4n) is 2.88. The van der Waals surface area contributed by atoms with Crippen LogP contribution in [-0.4, -0.2) is 36.4 Å². The third kappa shape index (κ3) is 7.62. The van der Waals surface area contributed by atoms with Gasteiger partial charge >= 0.3 is 11.9 Å². The second-order valence-corrected chi connectivity index (χ2v) is 9.33. The molecule has 0 spiro atoms. The van der Waals surface area contributed by atoms with Gasteiger partial charge < -0.3 is 18.9 Å². The topological polar surface area (TPSA) is 71.1 Å². The molecule has 222 valence electrons. The minimum atomic E-state index is -2.44. The van der Waals surface area contributed by atoms with Crippen molar-refractivity contribution in [2.45, 2.75) is 51.7 Å². The molecular weight excluding hydrogens is 574 g/mol. The lowest BCUT2D eigenvalue weighted by molar-refractivity contribution is -0.152. The van der Waals surface area contributed by atoms with Gasteiger partial charge in [0, 0.05) is 0 Å². The Kier molecular flexibility index (Phi) is 10.2. The van der Waals surface area contributed by atoms with Gasteiger partial charge in [0.15, 0.2) is 0 Å². The standard InChI is InChI=1S/C24H20F10O6/c1-23(2,7-10(36)40-22-19(33)15(29)12(26)16(30)20(22)34)38-8-24(3,4)37-6-5-9(35)39-21-17(31)13(27)11(25)14(28)18(21)32/h5-8H2,1-4H3. The van der Waals surface area contributed by atoms with E-state index in [0.29, 0.717) is 0 Å². The Morgan fingerprint density at radius 1 is 0.525 bits per heavy atom. The molecule has 0 atom stereocenters. The highest BCUT2D eigenvalue weighted by Gasteiger charge is 2.33. The Hall–Kier alpha value is -3.40. The van der Waals surface area contributed by atoms with Gasteiger partial charge in [0.1, 0.15) is 0 Å². The molecule has 0 aliphatic carbocycles. The number of ether oxygens (including phenoxy) is 4. The maximum Gasteiger partial charge on any atom is 0.314 e. The molecule has 0 saturated heterocycles. The maximum atomic E-state index is 13.7. The lowest BCUT2D eigenvalue weighted by Crippen LogP contribution is -2.38. The zero-order chi connectivity index (χ0) is 30.7. The van der Waals surface area contributed by atoms with Crippen LogP contribution in [0, 0.1) is 58.2 Å². The van der Waals surface area contributed by atoms with E-state index in [1.54, 1.807) is 0 Å². The molecular formula is C24H20F10O6. The van der Waals surface area contributed by atoms with E-state index in [1.807, 2.05) is 0 Å². The molecule has 6 nitrogen and oxygen atoms in total. The Morgan fingerprint density at radius 3 is 1.27 bits per heavy atom. The van der Waals surface area contributed by atoms with E-state index in [2.05, 4.69) is 9.47 Å². The number of esters is 2. The van der Waals surface area contributed by atoms with Crippen molar-refractivity contribution >= 4 is 11.9 Å². The molecule has 40 heavy (non-hydrogen) atoms. The lowest BCUT2D eigenvalue weighted by atomic mass is 10.0. The highest BCUT2D eigenvalue weighted by atomic mass is 19.2. The van der Waals surface area contributed by atoms with Crippen molar-refractivity contribution in [3.63, 3.8) is 0 Å². The first-order chi connectivity index (χ1) is 18.3. The van der Waals surface area contributed by atoms with Gasteiger partial charge in [-0.25, -0.2) is 26.3 Å². The quantitative estimate of drug-likeness (QED) is 0.105. The minimum absolute atomic E-state index is 0.331. The van der Waals surface area contributed by atoms with Crippen molar-refractivity contribution in [2.75, 3.05) is 13.2 Å². The van der Waals surface area contributed by atoms with Gasteiger partial charge in [-0.15, -0.1) is 0 Å². The molecule has 16 heteroatoms. The molecule has 2 aromatic carbocycles. The molecule has 0 amide bonds. The molecule has 0 saturated carbocycles. The van der Waals surface area contributed by atoms with Gasteiger partial charge in [-0.3, -0.25) is 9.59 Å². The summed E-state index contributed by atoms with van der Waals surface area (Å²) in [4.78, 5) is 23.9. The van der Waals surface area contributed by atoms with E-state index in [9.17, 15) is 53.5 Å². The van der Waals surface area contributed by atoms with Crippen molar-refractivity contribution in [1.29, 1.82) is 0 Å². The van der Waals surface area contributed by atoms with Gasteiger partial charge in [-0.2, -0.15) is 17.6 Å². The molecule has 0 N–H and O–H groups in total. The molecule has 0 radical (unpaired) electrons. The summed E-state index contributed by atoms with van der Waals surface area (Å²) >= 11 is 0. The van der Waals surface area contributed by atoms with Crippen molar-refractivity contribution in [3.05, 3.63) is 58.2 Å². The number of hydrogen-bond acceptors (Lipinski definition) is 6. The number of halogens is 10. The van der Waals surface area contributed by atoms with Crippen LogP contribution >= 0.6 is 0 Å². The molecule has 0 aromatic heterocycles. The number of carbonyl (C=O) groups is 2. The largest absolute Gasteiger partial charge is 0.420 e. The van der Waals surface area contributed by atoms with Gasteiger partial charge in [0.25, 0.3) is 0 Å². The summed E-state index contributed by atoms with van der Waals surface area (Å²) in [7, 11) is 0. The molecule has 0 aliphatic heterocycles. The van der Waals surface area contributed by atoms with Crippen LogP contribution in [0.3, 0.4) is 0 Å². The fraction of sp³-hybridized carbons (Fsp3) is 0.417. The summed E-state index contributed by atoms with van der Waals surface area (Å²) in [5.41, 5.74) is -2.69. The van der Waals surface area contributed by atoms with Crippen LogP contribution in [0.1, 0.15) is 40.5 Å². The Morgan fingerprint density at radius 2 is 0.875 bits per heavy atom. The highest BCUT2D eigenvalue weighted by Crippen LogP contribution is 2.31. The summed E-state index contributed by atoms with van der Waals surface area (Å²) in [6.07, 6.45) is -1.45. The molecule has 0 aliphatic rings. The number of carbonyl (C=O) groups excluding carboxylic acids is 2. The van der Waals surface area contributed by atoms with Crippen LogP contribution in [0.4, 0.5) is 43.9 Å². The van der Waals surface area contributed by atoms with E-state index < -0.39 is 112 Å². The predicted molar refractivity (Wildman–Crippen MR) is 113 cm³/mol. The normalized spacial score (nSPS) is 12.1. The average molecular weight is 594 g/mol.